The van der Waals surface area contributed by atoms with Gasteiger partial charge in [-0.25, -0.2) is 5.43 Å². The molecule has 0 radical (unpaired) electrons. The number of methoxy groups -OCH3 is 2. The van der Waals surface area contributed by atoms with E-state index in [0.29, 0.717) is 11.5 Å². The average molecular weight is 353 g/mol. The van der Waals surface area contributed by atoms with Crippen LogP contribution in [0.3, 0.4) is 0 Å². The predicted octanol–water partition coefficient (Wildman–Crippen LogP) is 2.82. The van der Waals surface area contributed by atoms with E-state index in [1.54, 1.807) is 38.5 Å². The summed E-state index contributed by atoms with van der Waals surface area (Å²) < 4.78 is 16.1. The number of rotatable bonds is 5. The third-order valence-electron chi connectivity index (χ3n) is 2.58. The average Bonchev–Trinajstić information content (AvgIpc) is 3.00. The summed E-state index contributed by atoms with van der Waals surface area (Å²) in [6, 6.07) is 6.72. The van der Waals surface area contributed by atoms with Crippen LogP contribution in [0, 0.1) is 0 Å². The lowest BCUT2D eigenvalue weighted by molar-refractivity contribution is 0.0927. The van der Waals surface area contributed by atoms with Crippen molar-refractivity contribution in [3.63, 3.8) is 0 Å². The minimum atomic E-state index is -0.421. The molecule has 0 bridgehead atoms. The van der Waals surface area contributed by atoms with Crippen molar-refractivity contribution in [2.75, 3.05) is 14.2 Å². The van der Waals surface area contributed by atoms with Gasteiger partial charge in [0.1, 0.15) is 0 Å². The first kappa shape index (κ1) is 15.1. The van der Waals surface area contributed by atoms with Crippen LogP contribution < -0.4 is 14.9 Å². The van der Waals surface area contributed by atoms with Gasteiger partial charge in [0, 0.05) is 0 Å². The lowest BCUT2D eigenvalue weighted by atomic mass is 10.2. The summed E-state index contributed by atoms with van der Waals surface area (Å²) in [6.07, 6.45) is 2.91. The maximum absolute atomic E-state index is 11.6. The fourth-order valence-electron chi connectivity index (χ4n) is 1.64. The molecule has 1 aromatic heterocycles. The number of hydrogen-bond acceptors (Lipinski definition) is 5. The van der Waals surface area contributed by atoms with Gasteiger partial charge in [0.05, 0.1) is 31.2 Å². The molecule has 1 heterocycles. The van der Waals surface area contributed by atoms with Crippen molar-refractivity contribution in [1.29, 1.82) is 0 Å². The molecular formula is C14H13BrN2O4. The summed E-state index contributed by atoms with van der Waals surface area (Å²) in [5.74, 6) is 0.927. The minimum absolute atomic E-state index is 0.195. The molecular weight excluding hydrogens is 340 g/mol. The first-order valence-electron chi connectivity index (χ1n) is 5.94. The molecule has 1 N–H and O–H groups in total. The standard InChI is InChI=1S/C14H13BrN2O4/c1-19-12-7-9(6-10(15)13(12)20-2)8-16-17-14(18)11-4-3-5-21-11/h3-8H,1-2H3,(H,17,18)/b16-8-. The highest BCUT2D eigenvalue weighted by Crippen LogP contribution is 2.35. The molecule has 0 saturated heterocycles. The number of furan rings is 1. The van der Waals surface area contributed by atoms with Crippen LogP contribution in [-0.2, 0) is 0 Å². The second-order valence-corrected chi connectivity index (χ2v) is 4.77. The number of carbonyl (C=O) groups excluding carboxylic acids is 1. The van der Waals surface area contributed by atoms with Gasteiger partial charge in [-0.05, 0) is 45.8 Å². The summed E-state index contributed by atoms with van der Waals surface area (Å²) >= 11 is 3.38. The number of hydrogen-bond donors (Lipinski definition) is 1. The number of nitrogens with zero attached hydrogens (tertiary/aromatic N) is 1. The quantitative estimate of drug-likeness (QED) is 0.663. The van der Waals surface area contributed by atoms with Crippen molar-refractivity contribution < 1.29 is 18.7 Å². The number of ether oxygens (including phenoxy) is 2. The number of carbonyl (C=O) groups is 1. The molecule has 7 heteroatoms. The molecule has 0 spiro atoms. The number of hydrazone groups is 1. The molecule has 2 aromatic rings. The second kappa shape index (κ2) is 6.94. The van der Waals surface area contributed by atoms with Gasteiger partial charge in [-0.3, -0.25) is 4.79 Å². The SMILES string of the molecule is COc1cc(/C=N\NC(=O)c2ccco2)cc(Br)c1OC. The van der Waals surface area contributed by atoms with E-state index < -0.39 is 5.91 Å². The Morgan fingerprint density at radius 3 is 2.81 bits per heavy atom. The van der Waals surface area contributed by atoms with Gasteiger partial charge < -0.3 is 13.9 Å². The Labute approximate surface area is 129 Å². The molecule has 0 saturated carbocycles. The van der Waals surface area contributed by atoms with Crippen LogP contribution >= 0.6 is 15.9 Å². The largest absolute Gasteiger partial charge is 0.493 e. The van der Waals surface area contributed by atoms with Crippen molar-refractivity contribution in [1.82, 2.24) is 5.43 Å². The van der Waals surface area contributed by atoms with E-state index in [2.05, 4.69) is 26.5 Å². The first-order valence-corrected chi connectivity index (χ1v) is 6.73. The van der Waals surface area contributed by atoms with Crippen LogP contribution in [0.25, 0.3) is 0 Å². The van der Waals surface area contributed by atoms with Crippen LogP contribution in [0.5, 0.6) is 11.5 Å². The van der Waals surface area contributed by atoms with Gasteiger partial charge in [0.25, 0.3) is 0 Å². The van der Waals surface area contributed by atoms with Crippen LogP contribution in [0.1, 0.15) is 16.1 Å². The molecule has 0 aliphatic rings. The maximum Gasteiger partial charge on any atom is 0.307 e. The maximum atomic E-state index is 11.6. The second-order valence-electron chi connectivity index (χ2n) is 3.91. The van der Waals surface area contributed by atoms with E-state index in [1.807, 2.05) is 0 Å². The summed E-state index contributed by atoms with van der Waals surface area (Å²) in [5.41, 5.74) is 3.10. The van der Waals surface area contributed by atoms with Gasteiger partial charge in [-0.15, -0.1) is 0 Å². The molecule has 110 valence electrons. The van der Waals surface area contributed by atoms with Crippen LogP contribution in [0.15, 0.2) is 44.5 Å². The zero-order valence-corrected chi connectivity index (χ0v) is 13.0. The van der Waals surface area contributed by atoms with Crippen molar-refractivity contribution in [3.05, 3.63) is 46.3 Å². The zero-order chi connectivity index (χ0) is 15.2. The lowest BCUT2D eigenvalue weighted by Crippen LogP contribution is -2.16. The van der Waals surface area contributed by atoms with Crippen molar-refractivity contribution >= 4 is 28.1 Å². The van der Waals surface area contributed by atoms with Crippen LogP contribution in [0.4, 0.5) is 0 Å². The van der Waals surface area contributed by atoms with Crippen molar-refractivity contribution in [2.45, 2.75) is 0 Å². The molecule has 0 unspecified atom stereocenters. The highest BCUT2D eigenvalue weighted by molar-refractivity contribution is 9.10. The molecule has 0 aliphatic carbocycles. The summed E-state index contributed by atoms with van der Waals surface area (Å²) in [7, 11) is 3.10. The van der Waals surface area contributed by atoms with Crippen molar-refractivity contribution in [2.24, 2.45) is 5.10 Å². The monoisotopic (exact) mass is 352 g/mol. The lowest BCUT2D eigenvalue weighted by Gasteiger charge is -2.10. The Hall–Kier alpha value is -2.28. The molecule has 6 nitrogen and oxygen atoms in total. The number of benzene rings is 1. The third-order valence-corrected chi connectivity index (χ3v) is 3.17. The number of halogens is 1. The molecule has 21 heavy (non-hydrogen) atoms. The van der Waals surface area contributed by atoms with Gasteiger partial charge in [-0.2, -0.15) is 5.10 Å². The van der Waals surface area contributed by atoms with E-state index in [1.165, 1.54) is 12.5 Å². The fourth-order valence-corrected chi connectivity index (χ4v) is 2.26. The fraction of sp³-hybridized carbons (Fsp3) is 0.143. The number of nitrogens with one attached hydrogen (secondary N) is 1. The Balaban J connectivity index is 2.11. The molecule has 0 aliphatic heterocycles. The highest BCUT2D eigenvalue weighted by Gasteiger charge is 2.10. The predicted molar refractivity (Wildman–Crippen MR) is 81.0 cm³/mol. The van der Waals surface area contributed by atoms with Gasteiger partial charge in [0.2, 0.25) is 0 Å². The minimum Gasteiger partial charge on any atom is -0.493 e. The Morgan fingerprint density at radius 2 is 2.19 bits per heavy atom. The molecule has 1 amide bonds. The van der Waals surface area contributed by atoms with Gasteiger partial charge >= 0.3 is 5.91 Å². The van der Waals surface area contributed by atoms with Crippen LogP contribution in [0.2, 0.25) is 0 Å². The Morgan fingerprint density at radius 1 is 1.38 bits per heavy atom. The smallest absolute Gasteiger partial charge is 0.307 e. The van der Waals surface area contributed by atoms with Crippen molar-refractivity contribution in [3.8, 4) is 11.5 Å². The first-order chi connectivity index (χ1) is 10.2. The molecule has 0 atom stereocenters. The highest BCUT2D eigenvalue weighted by atomic mass is 79.9. The van der Waals surface area contributed by atoms with Gasteiger partial charge in [0.15, 0.2) is 17.3 Å². The summed E-state index contributed by atoms with van der Waals surface area (Å²) in [5, 5.41) is 3.87. The van der Waals surface area contributed by atoms with Crippen LogP contribution in [-0.4, -0.2) is 26.3 Å². The van der Waals surface area contributed by atoms with E-state index >= 15 is 0 Å². The van der Waals surface area contributed by atoms with E-state index in [9.17, 15) is 4.79 Å². The molecule has 2 rings (SSSR count). The Bertz CT molecular complexity index is 653. The zero-order valence-electron chi connectivity index (χ0n) is 11.4. The topological polar surface area (TPSA) is 73.1 Å². The van der Waals surface area contributed by atoms with E-state index in [4.69, 9.17) is 13.9 Å². The normalized spacial score (nSPS) is 10.6. The van der Waals surface area contributed by atoms with Gasteiger partial charge in [-0.1, -0.05) is 0 Å². The summed E-state index contributed by atoms with van der Waals surface area (Å²) in [6.45, 7) is 0. The van der Waals surface area contributed by atoms with E-state index in [0.717, 1.165) is 10.0 Å². The third kappa shape index (κ3) is 3.63. The Kier molecular flexibility index (Phi) is 4.99. The van der Waals surface area contributed by atoms with E-state index in [-0.39, 0.29) is 5.76 Å². The molecule has 0 fully saturated rings. The molecule has 1 aromatic carbocycles. The summed E-state index contributed by atoms with van der Waals surface area (Å²) in [4.78, 5) is 11.6. The number of amides is 1.